The monoisotopic (exact) mass is 304 g/mol. The van der Waals surface area contributed by atoms with E-state index in [0.717, 1.165) is 42.5 Å². The lowest BCUT2D eigenvalue weighted by Gasteiger charge is -2.32. The van der Waals surface area contributed by atoms with Crippen molar-refractivity contribution in [2.75, 3.05) is 26.7 Å². The molecule has 0 radical (unpaired) electrons. The van der Waals surface area contributed by atoms with E-state index in [-0.39, 0.29) is 12.4 Å². The zero-order chi connectivity index (χ0) is 13.0. The van der Waals surface area contributed by atoms with Crippen molar-refractivity contribution in [2.45, 2.75) is 19.4 Å². The molecule has 0 amide bonds. The normalized spacial score (nSPS) is 19.8. The van der Waals surface area contributed by atoms with Gasteiger partial charge in [0, 0.05) is 23.7 Å². The van der Waals surface area contributed by atoms with Crippen LogP contribution in [0.2, 0.25) is 5.02 Å². The first-order valence-electron chi connectivity index (χ1n) is 6.48. The standard InChI is InChI=1S/C14H21ClN2O.ClH/c1-18-14-6-2-5-13(15)12(14)10-17-7-3-4-11(8-16)9-17;/h2,5-6,11H,3-4,7-10,16H2,1H3;1H. The summed E-state index contributed by atoms with van der Waals surface area (Å²) in [5.74, 6) is 1.49. The molecule has 0 aliphatic carbocycles. The summed E-state index contributed by atoms with van der Waals surface area (Å²) in [6, 6.07) is 5.80. The average Bonchev–Trinajstić information content (AvgIpc) is 2.41. The molecule has 5 heteroatoms. The first-order valence-corrected chi connectivity index (χ1v) is 6.86. The molecule has 1 aliphatic rings. The van der Waals surface area contributed by atoms with Crippen molar-refractivity contribution in [1.29, 1.82) is 0 Å². The van der Waals surface area contributed by atoms with Crippen LogP contribution in [0.3, 0.4) is 0 Å². The quantitative estimate of drug-likeness (QED) is 0.929. The summed E-state index contributed by atoms with van der Waals surface area (Å²) in [5, 5.41) is 0.782. The second-order valence-electron chi connectivity index (χ2n) is 4.90. The molecular weight excluding hydrogens is 283 g/mol. The van der Waals surface area contributed by atoms with E-state index in [0.29, 0.717) is 5.92 Å². The van der Waals surface area contributed by atoms with E-state index in [1.807, 2.05) is 18.2 Å². The molecule has 1 aliphatic heterocycles. The Morgan fingerprint density at radius 3 is 2.95 bits per heavy atom. The summed E-state index contributed by atoms with van der Waals surface area (Å²) in [5.41, 5.74) is 6.85. The number of rotatable bonds is 4. The van der Waals surface area contributed by atoms with Crippen LogP contribution >= 0.6 is 24.0 Å². The van der Waals surface area contributed by atoms with E-state index in [1.165, 1.54) is 12.8 Å². The lowest BCUT2D eigenvalue weighted by molar-refractivity contribution is 0.169. The van der Waals surface area contributed by atoms with Gasteiger partial charge in [0.25, 0.3) is 0 Å². The zero-order valence-electron chi connectivity index (χ0n) is 11.3. The molecule has 0 saturated carbocycles. The van der Waals surface area contributed by atoms with Gasteiger partial charge in [0.15, 0.2) is 0 Å². The molecule has 1 heterocycles. The number of halogens is 2. The zero-order valence-corrected chi connectivity index (χ0v) is 12.8. The number of ether oxygens (including phenoxy) is 1. The molecule has 1 saturated heterocycles. The van der Waals surface area contributed by atoms with Crippen LogP contribution in [0.25, 0.3) is 0 Å². The van der Waals surface area contributed by atoms with Crippen molar-refractivity contribution in [1.82, 2.24) is 4.90 Å². The predicted octanol–water partition coefficient (Wildman–Crippen LogP) is 2.94. The van der Waals surface area contributed by atoms with Crippen LogP contribution in [0, 0.1) is 5.92 Å². The maximum Gasteiger partial charge on any atom is 0.124 e. The number of hydrogen-bond acceptors (Lipinski definition) is 3. The summed E-state index contributed by atoms with van der Waals surface area (Å²) >= 11 is 6.27. The van der Waals surface area contributed by atoms with E-state index in [2.05, 4.69) is 4.90 Å². The molecule has 1 unspecified atom stereocenters. The lowest BCUT2D eigenvalue weighted by atomic mass is 9.98. The largest absolute Gasteiger partial charge is 0.496 e. The van der Waals surface area contributed by atoms with Crippen LogP contribution in [0.1, 0.15) is 18.4 Å². The number of nitrogens with zero attached hydrogens (tertiary/aromatic N) is 1. The number of likely N-dealkylation sites (tertiary alicyclic amines) is 1. The molecule has 0 spiro atoms. The SMILES string of the molecule is COc1cccc(Cl)c1CN1CCCC(CN)C1.Cl. The third-order valence-corrected chi connectivity index (χ3v) is 3.97. The third-order valence-electron chi connectivity index (χ3n) is 3.61. The highest BCUT2D eigenvalue weighted by Crippen LogP contribution is 2.29. The van der Waals surface area contributed by atoms with E-state index in [9.17, 15) is 0 Å². The van der Waals surface area contributed by atoms with Crippen LogP contribution in [0.5, 0.6) is 5.75 Å². The van der Waals surface area contributed by atoms with Crippen LogP contribution in [0.4, 0.5) is 0 Å². The van der Waals surface area contributed by atoms with E-state index in [4.69, 9.17) is 22.1 Å². The fourth-order valence-corrected chi connectivity index (χ4v) is 2.82. The predicted molar refractivity (Wildman–Crippen MR) is 82.3 cm³/mol. The molecule has 1 atom stereocenters. The highest BCUT2D eigenvalue weighted by molar-refractivity contribution is 6.31. The molecule has 2 N–H and O–H groups in total. The molecule has 0 aromatic heterocycles. The van der Waals surface area contributed by atoms with Gasteiger partial charge in [-0.05, 0) is 44.0 Å². The van der Waals surface area contributed by atoms with Crippen molar-refractivity contribution < 1.29 is 4.74 Å². The van der Waals surface area contributed by atoms with Gasteiger partial charge in [-0.15, -0.1) is 12.4 Å². The molecular formula is C14H22Cl2N2O. The Bertz CT molecular complexity index is 401. The van der Waals surface area contributed by atoms with Crippen LogP contribution in [-0.2, 0) is 6.54 Å². The van der Waals surface area contributed by atoms with Gasteiger partial charge in [-0.1, -0.05) is 17.7 Å². The highest BCUT2D eigenvalue weighted by Gasteiger charge is 2.20. The van der Waals surface area contributed by atoms with Gasteiger partial charge in [-0.2, -0.15) is 0 Å². The Hall–Kier alpha value is -0.480. The van der Waals surface area contributed by atoms with Crippen LogP contribution in [-0.4, -0.2) is 31.6 Å². The number of benzene rings is 1. The van der Waals surface area contributed by atoms with Gasteiger partial charge in [-0.3, -0.25) is 4.90 Å². The summed E-state index contributed by atoms with van der Waals surface area (Å²) in [6.07, 6.45) is 2.46. The van der Waals surface area contributed by atoms with Gasteiger partial charge in [0.1, 0.15) is 5.75 Å². The third kappa shape index (κ3) is 4.25. The van der Waals surface area contributed by atoms with Gasteiger partial charge in [0.05, 0.1) is 7.11 Å². The summed E-state index contributed by atoms with van der Waals surface area (Å²) in [4.78, 5) is 2.42. The second kappa shape index (κ2) is 7.95. The molecule has 3 nitrogen and oxygen atoms in total. The maximum absolute atomic E-state index is 6.27. The molecule has 2 rings (SSSR count). The van der Waals surface area contributed by atoms with Crippen LogP contribution in [0.15, 0.2) is 18.2 Å². The summed E-state index contributed by atoms with van der Waals surface area (Å²) in [6.45, 7) is 3.80. The average molecular weight is 305 g/mol. The molecule has 1 aromatic rings. The molecule has 0 bridgehead atoms. The maximum atomic E-state index is 6.27. The minimum absolute atomic E-state index is 0. The van der Waals surface area contributed by atoms with E-state index < -0.39 is 0 Å². The Balaban J connectivity index is 0.00000180. The fourth-order valence-electron chi connectivity index (χ4n) is 2.59. The Morgan fingerprint density at radius 2 is 2.26 bits per heavy atom. The topological polar surface area (TPSA) is 38.5 Å². The minimum atomic E-state index is 0. The van der Waals surface area contributed by atoms with Gasteiger partial charge in [0.2, 0.25) is 0 Å². The molecule has 108 valence electrons. The first-order chi connectivity index (χ1) is 8.74. The van der Waals surface area contributed by atoms with Crippen molar-refractivity contribution >= 4 is 24.0 Å². The fraction of sp³-hybridized carbons (Fsp3) is 0.571. The lowest BCUT2D eigenvalue weighted by Crippen LogP contribution is -2.37. The van der Waals surface area contributed by atoms with Crippen molar-refractivity contribution in [3.8, 4) is 5.75 Å². The van der Waals surface area contributed by atoms with Crippen molar-refractivity contribution in [3.63, 3.8) is 0 Å². The summed E-state index contributed by atoms with van der Waals surface area (Å²) in [7, 11) is 1.69. The first kappa shape index (κ1) is 16.6. The molecule has 19 heavy (non-hydrogen) atoms. The molecule has 1 fully saturated rings. The van der Waals surface area contributed by atoms with Gasteiger partial charge < -0.3 is 10.5 Å². The van der Waals surface area contributed by atoms with E-state index >= 15 is 0 Å². The van der Waals surface area contributed by atoms with Crippen LogP contribution < -0.4 is 10.5 Å². The minimum Gasteiger partial charge on any atom is -0.496 e. The van der Waals surface area contributed by atoms with E-state index in [1.54, 1.807) is 7.11 Å². The Labute approximate surface area is 126 Å². The van der Waals surface area contributed by atoms with Crippen molar-refractivity contribution in [3.05, 3.63) is 28.8 Å². The van der Waals surface area contributed by atoms with Crippen molar-refractivity contribution in [2.24, 2.45) is 11.7 Å². The Kier molecular flexibility index (Phi) is 6.94. The highest BCUT2D eigenvalue weighted by atomic mass is 35.5. The van der Waals surface area contributed by atoms with Gasteiger partial charge in [-0.25, -0.2) is 0 Å². The number of methoxy groups -OCH3 is 1. The number of hydrogen-bond donors (Lipinski definition) is 1. The summed E-state index contributed by atoms with van der Waals surface area (Å²) < 4.78 is 5.39. The van der Waals surface area contributed by atoms with Gasteiger partial charge >= 0.3 is 0 Å². The number of piperidine rings is 1. The molecule has 1 aromatic carbocycles. The Morgan fingerprint density at radius 1 is 1.47 bits per heavy atom. The number of nitrogens with two attached hydrogens (primary N) is 1. The smallest absolute Gasteiger partial charge is 0.124 e. The second-order valence-corrected chi connectivity index (χ2v) is 5.31.